The molecule has 3 amide bonds. The number of hydrogen-bond donors (Lipinski definition) is 1. The molecule has 202 valence electrons. The van der Waals surface area contributed by atoms with Crippen LogP contribution in [0.4, 0.5) is 18.4 Å². The van der Waals surface area contributed by atoms with Gasteiger partial charge in [0.05, 0.1) is 7.11 Å². The lowest BCUT2D eigenvalue weighted by molar-refractivity contribution is -0.193. The summed E-state index contributed by atoms with van der Waals surface area (Å²) in [5.41, 5.74) is 0.244. The van der Waals surface area contributed by atoms with Crippen molar-refractivity contribution in [2.75, 3.05) is 46.5 Å². The average Bonchev–Trinajstić information content (AvgIpc) is 2.88. The van der Waals surface area contributed by atoms with Crippen molar-refractivity contribution in [1.29, 1.82) is 0 Å². The zero-order valence-electron chi connectivity index (χ0n) is 21.2. The second-order valence-corrected chi connectivity index (χ2v) is 9.44. The Balaban J connectivity index is 1.67. The number of urea groups is 1. The summed E-state index contributed by atoms with van der Waals surface area (Å²) in [5, 5.41) is 2.25. The van der Waals surface area contributed by atoms with E-state index in [1.54, 1.807) is 11.8 Å². The van der Waals surface area contributed by atoms with Crippen molar-refractivity contribution in [3.63, 3.8) is 0 Å². The predicted molar refractivity (Wildman–Crippen MR) is 128 cm³/mol. The third kappa shape index (κ3) is 7.75. The van der Waals surface area contributed by atoms with Gasteiger partial charge in [0.15, 0.2) is 0 Å². The summed E-state index contributed by atoms with van der Waals surface area (Å²) in [4.78, 5) is 32.8. The smallest absolute Gasteiger partial charge is 0.433 e. The first-order valence-electron chi connectivity index (χ1n) is 12.7. The van der Waals surface area contributed by atoms with Crippen LogP contribution in [-0.2, 0) is 14.3 Å². The third-order valence-electron chi connectivity index (χ3n) is 6.79. The molecule has 1 aromatic carbocycles. The van der Waals surface area contributed by atoms with E-state index in [-0.39, 0.29) is 30.6 Å². The highest BCUT2D eigenvalue weighted by molar-refractivity contribution is 5.73. The summed E-state index contributed by atoms with van der Waals surface area (Å²) in [5.74, 6) is 4.79. The van der Waals surface area contributed by atoms with Gasteiger partial charge in [0.2, 0.25) is 0 Å². The summed E-state index contributed by atoms with van der Waals surface area (Å²) in [6.07, 6.45) is 3.63. The quantitative estimate of drug-likeness (QED) is 0.302. The number of ether oxygens (including phenoxy) is 2. The Bertz CT molecular complexity index is 851. The van der Waals surface area contributed by atoms with E-state index in [1.807, 2.05) is 0 Å². The maximum Gasteiger partial charge on any atom is 0.433 e. The standard InChI is InChI=1S/C25H38F2N4O5/c1-3-31(25(33)34-2)36-23(20-13-21(26)15-22(27)14-20)19-9-5-10-29(16-19)24(32)30(28)11-4-7-18-8-6-12-35-17-18/h13-15,18-19,23H,3-12,16-17,28H2,1-2H3/t18?,19?,23-/m1/s1. The number of carbonyl (C=O) groups excluding carboxylic acids is 2. The zero-order chi connectivity index (χ0) is 26.1. The number of carbonyl (C=O) groups is 2. The van der Waals surface area contributed by atoms with Gasteiger partial charge < -0.3 is 14.4 Å². The van der Waals surface area contributed by atoms with Gasteiger partial charge in [-0.15, -0.1) is 0 Å². The molecule has 2 aliphatic rings. The first-order valence-corrected chi connectivity index (χ1v) is 12.7. The van der Waals surface area contributed by atoms with Crippen LogP contribution in [0.5, 0.6) is 0 Å². The highest BCUT2D eigenvalue weighted by Gasteiger charge is 2.35. The Morgan fingerprint density at radius 2 is 1.97 bits per heavy atom. The van der Waals surface area contributed by atoms with Gasteiger partial charge in [0.1, 0.15) is 17.7 Å². The summed E-state index contributed by atoms with van der Waals surface area (Å²) >= 11 is 0. The van der Waals surface area contributed by atoms with Crippen molar-refractivity contribution in [2.24, 2.45) is 17.7 Å². The molecule has 0 bridgehead atoms. The number of hydroxylamine groups is 2. The molecule has 2 heterocycles. The molecule has 3 atom stereocenters. The van der Waals surface area contributed by atoms with Crippen LogP contribution in [0, 0.1) is 23.5 Å². The predicted octanol–water partition coefficient (Wildman–Crippen LogP) is 4.24. The molecular formula is C25H38F2N4O5. The molecule has 0 spiro atoms. The van der Waals surface area contributed by atoms with Crippen molar-refractivity contribution in [1.82, 2.24) is 15.0 Å². The van der Waals surface area contributed by atoms with Crippen LogP contribution in [0.1, 0.15) is 57.1 Å². The molecule has 2 N–H and O–H groups in total. The van der Waals surface area contributed by atoms with E-state index in [2.05, 4.69) is 0 Å². The van der Waals surface area contributed by atoms with E-state index in [1.165, 1.54) is 24.3 Å². The molecule has 2 unspecified atom stereocenters. The molecule has 0 aromatic heterocycles. The highest BCUT2D eigenvalue weighted by atomic mass is 19.1. The van der Waals surface area contributed by atoms with Crippen LogP contribution >= 0.6 is 0 Å². The minimum Gasteiger partial charge on any atom is -0.451 e. The summed E-state index contributed by atoms with van der Waals surface area (Å²) in [6.45, 7) is 4.65. The molecule has 0 aliphatic carbocycles. The van der Waals surface area contributed by atoms with Gasteiger partial charge in [-0.2, -0.15) is 5.06 Å². The molecule has 36 heavy (non-hydrogen) atoms. The van der Waals surface area contributed by atoms with Crippen molar-refractivity contribution in [3.8, 4) is 0 Å². The van der Waals surface area contributed by atoms with E-state index in [4.69, 9.17) is 20.2 Å². The fourth-order valence-electron chi connectivity index (χ4n) is 4.94. The topological polar surface area (TPSA) is 97.6 Å². The van der Waals surface area contributed by atoms with Gasteiger partial charge in [0.25, 0.3) is 0 Å². The van der Waals surface area contributed by atoms with E-state index in [0.29, 0.717) is 31.8 Å². The lowest BCUT2D eigenvalue weighted by Gasteiger charge is -2.39. The molecule has 1 aromatic rings. The zero-order valence-corrected chi connectivity index (χ0v) is 21.2. The lowest BCUT2D eigenvalue weighted by atomic mass is 9.88. The Kier molecular flexibility index (Phi) is 10.7. The van der Waals surface area contributed by atoms with Crippen LogP contribution < -0.4 is 5.84 Å². The van der Waals surface area contributed by atoms with E-state index in [0.717, 1.165) is 50.0 Å². The fourth-order valence-corrected chi connectivity index (χ4v) is 4.94. The number of amides is 3. The minimum atomic E-state index is -0.873. The Morgan fingerprint density at radius 3 is 2.61 bits per heavy atom. The number of piperidine rings is 1. The first kappa shape index (κ1) is 28.1. The van der Waals surface area contributed by atoms with Gasteiger partial charge in [-0.25, -0.2) is 24.2 Å². The van der Waals surface area contributed by atoms with Crippen LogP contribution in [-0.4, -0.2) is 73.6 Å². The SMILES string of the molecule is CCN(O[C@@H](c1cc(F)cc(F)c1)C1CCCN(C(=O)N(N)CCCC2CCCOC2)C1)C(=O)OC. The normalized spacial score (nSPS) is 21.1. The molecule has 9 nitrogen and oxygen atoms in total. The number of nitrogens with zero attached hydrogens (tertiary/aromatic N) is 3. The van der Waals surface area contributed by atoms with Crippen LogP contribution in [0.3, 0.4) is 0 Å². The lowest BCUT2D eigenvalue weighted by Crippen LogP contribution is -2.51. The van der Waals surface area contributed by atoms with E-state index < -0.39 is 23.8 Å². The number of rotatable bonds is 9. The number of halogens is 2. The number of benzene rings is 1. The van der Waals surface area contributed by atoms with Crippen LogP contribution in [0.2, 0.25) is 0 Å². The van der Waals surface area contributed by atoms with E-state index >= 15 is 0 Å². The fraction of sp³-hybridized carbons (Fsp3) is 0.680. The molecule has 11 heteroatoms. The average molecular weight is 513 g/mol. The number of nitrogens with two attached hydrogens (primary N) is 1. The number of methoxy groups -OCH3 is 1. The van der Waals surface area contributed by atoms with Gasteiger partial charge in [-0.3, -0.25) is 9.85 Å². The summed E-state index contributed by atoms with van der Waals surface area (Å²) < 4.78 is 38.4. The second-order valence-electron chi connectivity index (χ2n) is 9.44. The van der Waals surface area contributed by atoms with E-state index in [9.17, 15) is 18.4 Å². The van der Waals surface area contributed by atoms with Crippen molar-refractivity contribution < 1.29 is 32.7 Å². The van der Waals surface area contributed by atoms with Crippen LogP contribution in [0.25, 0.3) is 0 Å². The van der Waals surface area contributed by atoms with Crippen molar-refractivity contribution >= 4 is 12.1 Å². The van der Waals surface area contributed by atoms with Gasteiger partial charge in [-0.1, -0.05) is 0 Å². The van der Waals surface area contributed by atoms with Crippen LogP contribution in [0.15, 0.2) is 18.2 Å². The minimum absolute atomic E-state index is 0.166. The number of hydrogen-bond acceptors (Lipinski definition) is 6. The third-order valence-corrected chi connectivity index (χ3v) is 6.79. The van der Waals surface area contributed by atoms with Crippen molar-refractivity contribution in [3.05, 3.63) is 35.4 Å². The van der Waals surface area contributed by atoms with Gasteiger partial charge >= 0.3 is 12.1 Å². The first-order chi connectivity index (χ1) is 17.3. The molecule has 2 saturated heterocycles. The highest BCUT2D eigenvalue weighted by Crippen LogP contribution is 2.35. The molecule has 0 radical (unpaired) electrons. The Morgan fingerprint density at radius 1 is 1.22 bits per heavy atom. The van der Waals surface area contributed by atoms with Gasteiger partial charge in [-0.05, 0) is 69.1 Å². The Labute approximate surface area is 211 Å². The van der Waals surface area contributed by atoms with Crippen molar-refractivity contribution in [2.45, 2.75) is 51.6 Å². The molecule has 2 fully saturated rings. The Hall–Kier alpha value is -2.50. The number of likely N-dealkylation sites (tertiary alicyclic amines) is 1. The molecular weight excluding hydrogens is 474 g/mol. The molecule has 3 rings (SSSR count). The monoisotopic (exact) mass is 512 g/mol. The maximum absolute atomic E-state index is 14.1. The summed E-state index contributed by atoms with van der Waals surface area (Å²) in [6, 6.07) is 2.85. The summed E-state index contributed by atoms with van der Waals surface area (Å²) in [7, 11) is 1.23. The maximum atomic E-state index is 14.1. The van der Waals surface area contributed by atoms with Gasteiger partial charge in [0, 0.05) is 51.4 Å². The molecule has 0 saturated carbocycles. The second kappa shape index (κ2) is 13.7. The molecule has 2 aliphatic heterocycles. The largest absolute Gasteiger partial charge is 0.451 e. The number of hydrazine groups is 1.